The van der Waals surface area contributed by atoms with E-state index in [1.807, 2.05) is 0 Å². The van der Waals surface area contributed by atoms with Crippen LogP contribution in [-0.2, 0) is 23.8 Å². The molecule has 1 saturated heterocycles. The number of ether oxygens (including phenoxy) is 3. The molecule has 1 fully saturated rings. The lowest BCUT2D eigenvalue weighted by Gasteiger charge is -2.16. The number of cyclic esters (lactones) is 2. The lowest BCUT2D eigenvalue weighted by Crippen LogP contribution is -2.38. The standard InChI is InChI=1S/C20H16O7/c1-11-7-3-5-9-13(11)17(21)25-15-16(20(24)27-19(15)23)26-18(22)14-10-6-4-8-12(14)2/h3-10,15-16H,1-2H3/t15-,16-/m1/s1. The molecule has 0 N–H and O–H groups in total. The van der Waals surface area contributed by atoms with Crippen LogP contribution in [0.3, 0.4) is 0 Å². The van der Waals surface area contributed by atoms with E-state index in [0.717, 1.165) is 0 Å². The normalized spacial score (nSPS) is 18.7. The molecule has 7 nitrogen and oxygen atoms in total. The van der Waals surface area contributed by atoms with E-state index in [1.54, 1.807) is 50.2 Å². The van der Waals surface area contributed by atoms with Crippen LogP contribution >= 0.6 is 0 Å². The Morgan fingerprint density at radius 2 is 1.11 bits per heavy atom. The van der Waals surface area contributed by atoms with Crippen molar-refractivity contribution < 1.29 is 33.4 Å². The number of carbonyl (C=O) groups is 4. The molecular formula is C20H16O7. The van der Waals surface area contributed by atoms with Crippen LogP contribution in [-0.4, -0.2) is 36.1 Å². The van der Waals surface area contributed by atoms with E-state index in [-0.39, 0.29) is 11.1 Å². The van der Waals surface area contributed by atoms with Gasteiger partial charge in [0.05, 0.1) is 11.1 Å². The van der Waals surface area contributed by atoms with Gasteiger partial charge in [-0.25, -0.2) is 19.2 Å². The van der Waals surface area contributed by atoms with Gasteiger partial charge in [0.15, 0.2) is 0 Å². The smallest absolute Gasteiger partial charge is 0.359 e. The lowest BCUT2D eigenvalue weighted by molar-refractivity contribution is -0.155. The van der Waals surface area contributed by atoms with Crippen molar-refractivity contribution in [1.29, 1.82) is 0 Å². The summed E-state index contributed by atoms with van der Waals surface area (Å²) in [6, 6.07) is 13.2. The maximum absolute atomic E-state index is 12.3. The van der Waals surface area contributed by atoms with Crippen molar-refractivity contribution in [3.05, 3.63) is 70.8 Å². The van der Waals surface area contributed by atoms with Crippen LogP contribution in [0, 0.1) is 13.8 Å². The maximum Gasteiger partial charge on any atom is 0.359 e. The Hall–Kier alpha value is -3.48. The Labute approximate surface area is 154 Å². The summed E-state index contributed by atoms with van der Waals surface area (Å²) >= 11 is 0. The minimum Gasteiger partial charge on any atom is -0.442 e. The molecule has 0 radical (unpaired) electrons. The summed E-state index contributed by atoms with van der Waals surface area (Å²) in [7, 11) is 0. The Morgan fingerprint density at radius 3 is 1.48 bits per heavy atom. The fraction of sp³-hybridized carbons (Fsp3) is 0.200. The van der Waals surface area contributed by atoms with Crippen LogP contribution in [0.4, 0.5) is 0 Å². The van der Waals surface area contributed by atoms with Crippen LogP contribution in [0.5, 0.6) is 0 Å². The first-order chi connectivity index (χ1) is 12.9. The second-order valence-electron chi connectivity index (χ2n) is 6.02. The van der Waals surface area contributed by atoms with Crippen LogP contribution in [0.1, 0.15) is 31.8 Å². The Balaban J connectivity index is 1.79. The van der Waals surface area contributed by atoms with Gasteiger partial charge in [-0.15, -0.1) is 0 Å². The van der Waals surface area contributed by atoms with Crippen LogP contribution in [0.2, 0.25) is 0 Å². The van der Waals surface area contributed by atoms with E-state index >= 15 is 0 Å². The molecule has 7 heteroatoms. The first kappa shape index (κ1) is 18.3. The van der Waals surface area contributed by atoms with Crippen LogP contribution in [0.25, 0.3) is 0 Å². The van der Waals surface area contributed by atoms with Crippen molar-refractivity contribution in [2.24, 2.45) is 0 Å². The first-order valence-electron chi connectivity index (χ1n) is 8.17. The zero-order valence-corrected chi connectivity index (χ0v) is 14.6. The minimum atomic E-state index is -1.66. The number of carbonyl (C=O) groups excluding carboxylic acids is 4. The third kappa shape index (κ3) is 3.72. The average Bonchev–Trinajstić information content (AvgIpc) is 2.89. The van der Waals surface area contributed by atoms with E-state index in [0.29, 0.717) is 11.1 Å². The summed E-state index contributed by atoms with van der Waals surface area (Å²) in [5, 5.41) is 0. The predicted octanol–water partition coefficient (Wildman–Crippen LogP) is 2.14. The third-order valence-corrected chi connectivity index (χ3v) is 4.14. The molecule has 27 heavy (non-hydrogen) atoms. The van der Waals surface area contributed by atoms with Crippen molar-refractivity contribution in [3.8, 4) is 0 Å². The molecule has 2 aromatic rings. The van der Waals surface area contributed by atoms with Gasteiger partial charge in [-0.1, -0.05) is 36.4 Å². The van der Waals surface area contributed by atoms with Gasteiger partial charge in [0.2, 0.25) is 12.2 Å². The van der Waals surface area contributed by atoms with Gasteiger partial charge in [0.25, 0.3) is 0 Å². The molecule has 0 aliphatic carbocycles. The molecule has 0 amide bonds. The Bertz CT molecular complexity index is 856. The monoisotopic (exact) mass is 368 g/mol. The highest BCUT2D eigenvalue weighted by Crippen LogP contribution is 2.21. The van der Waals surface area contributed by atoms with Gasteiger partial charge in [-0.2, -0.15) is 0 Å². The van der Waals surface area contributed by atoms with Gasteiger partial charge in [-0.3, -0.25) is 0 Å². The minimum absolute atomic E-state index is 0.230. The van der Waals surface area contributed by atoms with Crippen molar-refractivity contribution in [1.82, 2.24) is 0 Å². The number of benzene rings is 2. The zero-order chi connectivity index (χ0) is 19.6. The van der Waals surface area contributed by atoms with Crippen molar-refractivity contribution in [2.45, 2.75) is 26.1 Å². The Morgan fingerprint density at radius 1 is 0.741 bits per heavy atom. The van der Waals surface area contributed by atoms with Crippen molar-refractivity contribution in [3.63, 3.8) is 0 Å². The van der Waals surface area contributed by atoms with Gasteiger partial charge in [-0.05, 0) is 37.1 Å². The van der Waals surface area contributed by atoms with Gasteiger partial charge in [0.1, 0.15) is 0 Å². The fourth-order valence-electron chi connectivity index (χ4n) is 2.64. The zero-order valence-electron chi connectivity index (χ0n) is 14.6. The molecule has 2 atom stereocenters. The maximum atomic E-state index is 12.3. The molecule has 3 rings (SSSR count). The molecule has 0 spiro atoms. The Kier molecular flexibility index (Phi) is 5.03. The summed E-state index contributed by atoms with van der Waals surface area (Å²) in [4.78, 5) is 48.5. The molecule has 1 aliphatic rings. The van der Waals surface area contributed by atoms with Gasteiger partial charge >= 0.3 is 23.9 Å². The highest BCUT2D eigenvalue weighted by Gasteiger charge is 2.50. The van der Waals surface area contributed by atoms with E-state index < -0.39 is 36.1 Å². The number of hydrogen-bond acceptors (Lipinski definition) is 7. The molecule has 1 heterocycles. The van der Waals surface area contributed by atoms with E-state index in [1.165, 1.54) is 12.1 Å². The molecule has 0 unspecified atom stereocenters. The van der Waals surface area contributed by atoms with Gasteiger partial charge in [0, 0.05) is 0 Å². The summed E-state index contributed by atoms with van der Waals surface area (Å²) in [5.41, 5.74) is 1.73. The summed E-state index contributed by atoms with van der Waals surface area (Å²) < 4.78 is 14.7. The quantitative estimate of drug-likeness (QED) is 0.463. The third-order valence-electron chi connectivity index (χ3n) is 4.14. The van der Waals surface area contributed by atoms with Crippen molar-refractivity contribution in [2.75, 3.05) is 0 Å². The molecule has 1 aliphatic heterocycles. The van der Waals surface area contributed by atoms with E-state index in [9.17, 15) is 19.2 Å². The summed E-state index contributed by atoms with van der Waals surface area (Å²) in [5.74, 6) is -3.79. The largest absolute Gasteiger partial charge is 0.442 e. The van der Waals surface area contributed by atoms with E-state index in [4.69, 9.17) is 9.47 Å². The predicted molar refractivity (Wildman–Crippen MR) is 91.9 cm³/mol. The molecule has 0 bridgehead atoms. The molecular weight excluding hydrogens is 352 g/mol. The molecule has 0 aromatic heterocycles. The van der Waals surface area contributed by atoms with Crippen LogP contribution in [0.15, 0.2) is 48.5 Å². The fourth-order valence-corrected chi connectivity index (χ4v) is 2.64. The average molecular weight is 368 g/mol. The van der Waals surface area contributed by atoms with Gasteiger partial charge < -0.3 is 14.2 Å². The van der Waals surface area contributed by atoms with Crippen LogP contribution < -0.4 is 0 Å². The second kappa shape index (κ2) is 7.41. The first-order valence-corrected chi connectivity index (χ1v) is 8.17. The summed E-state index contributed by atoms with van der Waals surface area (Å²) in [6.07, 6.45) is -3.31. The van der Waals surface area contributed by atoms with E-state index in [2.05, 4.69) is 4.74 Å². The second-order valence-corrected chi connectivity index (χ2v) is 6.02. The molecule has 138 valence electrons. The number of rotatable bonds is 4. The van der Waals surface area contributed by atoms with Crippen molar-refractivity contribution >= 4 is 23.9 Å². The highest BCUT2D eigenvalue weighted by atomic mass is 16.7. The lowest BCUT2D eigenvalue weighted by atomic mass is 10.1. The SMILES string of the molecule is Cc1ccccc1C(=O)O[C@H]1C(=O)OC(=O)[C@@H]1OC(=O)c1ccccc1C. The number of hydrogen-bond donors (Lipinski definition) is 0. The number of aryl methyl sites for hydroxylation is 2. The highest BCUT2D eigenvalue weighted by molar-refractivity contribution is 6.03. The topological polar surface area (TPSA) is 96.0 Å². The number of esters is 4. The molecule has 0 saturated carbocycles. The summed E-state index contributed by atoms with van der Waals surface area (Å²) in [6.45, 7) is 3.40. The molecule has 2 aromatic carbocycles.